The quantitative estimate of drug-likeness (QED) is 0.0869. The molecule has 0 amide bonds. The summed E-state index contributed by atoms with van der Waals surface area (Å²) >= 11 is 0. The largest absolute Gasteiger partial charge is 2.00 e. The second-order valence-electron chi connectivity index (χ2n) is 13.0. The van der Waals surface area contributed by atoms with Crippen LogP contribution in [0.15, 0.2) is 218 Å². The maximum Gasteiger partial charge on any atom is 2.00 e. The molecule has 9 aromatic rings. The minimum atomic E-state index is -0.493. The molecular weight excluding hydrogens is 691 g/mol. The van der Waals surface area contributed by atoms with Crippen molar-refractivity contribution in [2.75, 3.05) is 0 Å². The minimum Gasteiger partial charge on any atom is -0.165 e. The average Bonchev–Trinajstić information content (AvgIpc) is 3.82. The smallest absolute Gasteiger partial charge is 0.165 e. The van der Waals surface area contributed by atoms with E-state index in [0.717, 1.165) is 12.8 Å². The molecule has 0 saturated heterocycles. The monoisotopic (exact) mass is 734 g/mol. The average molecular weight is 735 g/mol. The van der Waals surface area contributed by atoms with Crippen molar-refractivity contribution in [2.24, 2.45) is 0 Å². The molecule has 0 N–H and O–H groups in total. The first-order valence-corrected chi connectivity index (χ1v) is 19.4. The van der Waals surface area contributed by atoms with Gasteiger partial charge in [0.05, 0.1) is 0 Å². The molecule has 0 bridgehead atoms. The number of fused-ring (bicyclic) bond motifs is 2. The second kappa shape index (κ2) is 19.1. The van der Waals surface area contributed by atoms with E-state index < -0.39 is 7.92 Å². The van der Waals surface area contributed by atoms with Gasteiger partial charge in [-0.2, -0.15) is 12.1 Å². The van der Waals surface area contributed by atoms with Crippen molar-refractivity contribution in [2.45, 2.75) is 19.8 Å². The summed E-state index contributed by atoms with van der Waals surface area (Å²) in [6, 6.07) is 77.8. The molecule has 0 aliphatic rings. The second-order valence-corrected chi connectivity index (χ2v) is 15.2. The first-order valence-electron chi connectivity index (χ1n) is 18.1. The zero-order valence-corrected chi connectivity index (χ0v) is 32.6. The molecule has 0 aromatic heterocycles. The molecule has 0 atom stereocenters. The van der Waals surface area contributed by atoms with Gasteiger partial charge in [-0.1, -0.05) is 176 Å². The van der Waals surface area contributed by atoms with E-state index in [1.807, 2.05) is 0 Å². The summed E-state index contributed by atoms with van der Waals surface area (Å²) in [5.41, 5.74) is 6.77. The van der Waals surface area contributed by atoms with Crippen molar-refractivity contribution in [1.82, 2.24) is 0 Å². The molecule has 0 aliphatic carbocycles. The van der Waals surface area contributed by atoms with Crippen LogP contribution in [0.2, 0.25) is 0 Å². The molecule has 9 rings (SSSR count). The Hall–Kier alpha value is -5.10. The van der Waals surface area contributed by atoms with Gasteiger partial charge in [0, 0.05) is 0 Å². The number of hydrogen-bond acceptors (Lipinski definition) is 0. The van der Waals surface area contributed by atoms with Gasteiger partial charge in [-0.3, -0.25) is 0 Å². The van der Waals surface area contributed by atoms with E-state index in [0.29, 0.717) is 0 Å². The molecule has 9 aromatic carbocycles. The minimum absolute atomic E-state index is 0. The summed E-state index contributed by atoms with van der Waals surface area (Å²) in [5.74, 6) is 0. The van der Waals surface area contributed by atoms with Crippen LogP contribution in [-0.2, 0) is 34.6 Å². The first kappa shape index (κ1) is 37.7. The zero-order valence-electron chi connectivity index (χ0n) is 30.1. The van der Waals surface area contributed by atoms with E-state index in [9.17, 15) is 0 Å². The molecule has 0 unspecified atom stereocenters. The molecule has 0 fully saturated rings. The summed E-state index contributed by atoms with van der Waals surface area (Å²) in [6.45, 7) is 2.15. The van der Waals surface area contributed by atoms with Crippen molar-refractivity contribution in [3.05, 3.63) is 235 Å². The molecule has 0 heterocycles. The van der Waals surface area contributed by atoms with Crippen LogP contribution in [0.25, 0.3) is 32.7 Å². The van der Waals surface area contributed by atoms with E-state index in [2.05, 4.69) is 225 Å². The van der Waals surface area contributed by atoms with Crippen LogP contribution in [0.1, 0.15) is 16.7 Å². The Morgan fingerprint density at radius 2 is 0.906 bits per heavy atom. The molecule has 2 heteroatoms. The van der Waals surface area contributed by atoms with Crippen molar-refractivity contribution in [3.8, 4) is 11.1 Å². The third-order valence-electron chi connectivity index (χ3n) is 9.26. The summed E-state index contributed by atoms with van der Waals surface area (Å²) in [7, 11) is -0.493. The first-order chi connectivity index (χ1) is 25.7. The fourth-order valence-corrected chi connectivity index (χ4v) is 9.07. The van der Waals surface area contributed by atoms with Crippen LogP contribution in [-0.4, -0.2) is 0 Å². The Labute approximate surface area is 331 Å². The molecule has 0 spiro atoms. The molecule has 0 saturated carbocycles. The summed E-state index contributed by atoms with van der Waals surface area (Å²) in [5, 5.41) is 9.57. The molecular formula is C51H43PTi. The van der Waals surface area contributed by atoms with Crippen LogP contribution in [0.4, 0.5) is 0 Å². The zero-order chi connectivity index (χ0) is 35.4. The van der Waals surface area contributed by atoms with Crippen LogP contribution in [0.3, 0.4) is 0 Å². The SMILES string of the molecule is Cc1cc2c(-c3ccccc3)cccc2[cH-]1.[Ti+2].c1ccc(CCc2ccccc2)cc1.c1ccc(P(c2ccccc2)c2cc3ccccc3[cH-]2)cc1. The van der Waals surface area contributed by atoms with E-state index in [4.69, 9.17) is 0 Å². The Kier molecular flexibility index (Phi) is 13.6. The number of aryl methyl sites for hydroxylation is 3. The van der Waals surface area contributed by atoms with Crippen molar-refractivity contribution in [3.63, 3.8) is 0 Å². The van der Waals surface area contributed by atoms with Gasteiger partial charge in [-0.25, -0.2) is 0 Å². The molecule has 0 radical (unpaired) electrons. The summed E-state index contributed by atoms with van der Waals surface area (Å²) in [6.07, 6.45) is 2.26. The molecule has 0 nitrogen and oxygen atoms in total. The normalized spacial score (nSPS) is 10.5. The number of rotatable bonds is 7. The van der Waals surface area contributed by atoms with Gasteiger partial charge in [0.25, 0.3) is 0 Å². The van der Waals surface area contributed by atoms with Gasteiger partial charge in [0.1, 0.15) is 0 Å². The van der Waals surface area contributed by atoms with Gasteiger partial charge in [-0.05, 0) is 48.1 Å². The standard InChI is InChI=1S/C21H16P.C16H13.C14H14.Ti/c1-3-11-19(12-4-1)22(20-13-5-2-6-14-20)21-15-17-9-7-8-10-18(17)16-21;1-12-10-14-8-5-9-15(16(14)11-12)13-6-3-2-4-7-13;1-3-7-13(8-4-1)11-12-14-9-5-2-6-10-14;/h1-16H;2-11H,1H3;1-10H,11-12H2;/q2*-1;;+2. The Bertz CT molecular complexity index is 2280. The third kappa shape index (κ3) is 10.1. The van der Waals surface area contributed by atoms with Crippen LogP contribution >= 0.6 is 7.92 Å². The maximum absolute atomic E-state index is 2.35. The van der Waals surface area contributed by atoms with E-state index in [1.54, 1.807) is 0 Å². The van der Waals surface area contributed by atoms with Crippen LogP contribution in [0, 0.1) is 6.92 Å². The topological polar surface area (TPSA) is 0 Å². The fourth-order valence-electron chi connectivity index (χ4n) is 6.70. The predicted molar refractivity (Wildman–Crippen MR) is 228 cm³/mol. The van der Waals surface area contributed by atoms with Crippen molar-refractivity contribution in [1.29, 1.82) is 0 Å². The maximum atomic E-state index is 2.35. The van der Waals surface area contributed by atoms with Gasteiger partial charge in [0.2, 0.25) is 0 Å². The van der Waals surface area contributed by atoms with Gasteiger partial charge in [-0.15, -0.1) is 74.9 Å². The molecule has 256 valence electrons. The Balaban J connectivity index is 0.000000139. The summed E-state index contributed by atoms with van der Waals surface area (Å²) in [4.78, 5) is 0. The van der Waals surface area contributed by atoms with Crippen LogP contribution in [0.5, 0.6) is 0 Å². The molecule has 0 aliphatic heterocycles. The third-order valence-corrected chi connectivity index (χ3v) is 11.7. The van der Waals surface area contributed by atoms with E-state index in [1.165, 1.54) is 65.3 Å². The molecule has 53 heavy (non-hydrogen) atoms. The fraction of sp³-hybridized carbons (Fsp3) is 0.0588. The van der Waals surface area contributed by atoms with Gasteiger partial charge >= 0.3 is 21.7 Å². The van der Waals surface area contributed by atoms with Gasteiger partial charge < -0.3 is 0 Å². The van der Waals surface area contributed by atoms with Crippen molar-refractivity contribution >= 4 is 45.4 Å². The predicted octanol–water partition coefficient (Wildman–Crippen LogP) is 12.3. The van der Waals surface area contributed by atoms with Crippen molar-refractivity contribution < 1.29 is 21.7 Å². The Morgan fingerprint density at radius 3 is 1.45 bits per heavy atom. The Morgan fingerprint density at radius 1 is 0.434 bits per heavy atom. The number of benzene rings is 7. The van der Waals surface area contributed by atoms with E-state index in [-0.39, 0.29) is 21.7 Å². The van der Waals surface area contributed by atoms with Gasteiger partial charge in [0.15, 0.2) is 0 Å². The van der Waals surface area contributed by atoms with Crippen LogP contribution < -0.4 is 15.9 Å². The summed E-state index contributed by atoms with van der Waals surface area (Å²) < 4.78 is 0. The number of hydrogen-bond donors (Lipinski definition) is 0. The van der Waals surface area contributed by atoms with E-state index >= 15 is 0 Å².